The molecule has 1 atom stereocenters. The Labute approximate surface area is 125 Å². The lowest BCUT2D eigenvalue weighted by molar-refractivity contribution is 0.0691. The molecule has 6 nitrogen and oxygen atoms in total. The molecule has 3 N–H and O–H groups in total. The summed E-state index contributed by atoms with van der Waals surface area (Å²) in [6.45, 7) is 1.18. The number of nitrogens with zero attached hydrogens (tertiary/aromatic N) is 1. The number of thioether (sulfide) groups is 1. The van der Waals surface area contributed by atoms with Gasteiger partial charge < -0.3 is 15.7 Å². The Kier molecular flexibility index (Phi) is 5.66. The summed E-state index contributed by atoms with van der Waals surface area (Å²) in [5.74, 6) is 1.87. The summed E-state index contributed by atoms with van der Waals surface area (Å²) in [6, 6.07) is -0.170. The van der Waals surface area contributed by atoms with E-state index in [0.717, 1.165) is 17.3 Å². The number of amides is 2. The number of aromatic nitrogens is 1. The summed E-state index contributed by atoms with van der Waals surface area (Å²) in [4.78, 5) is 26.2. The quantitative estimate of drug-likeness (QED) is 0.739. The Bertz CT molecular complexity index is 472. The molecule has 1 aliphatic heterocycles. The Balaban J connectivity index is 1.61. The number of carbonyl (C=O) groups excluding carboxylic acids is 1. The fourth-order valence-electron chi connectivity index (χ4n) is 1.85. The van der Waals surface area contributed by atoms with E-state index >= 15 is 0 Å². The molecule has 0 bridgehead atoms. The van der Waals surface area contributed by atoms with Crippen LogP contribution in [0, 0.1) is 5.92 Å². The van der Waals surface area contributed by atoms with Crippen molar-refractivity contribution in [1.82, 2.24) is 15.6 Å². The van der Waals surface area contributed by atoms with Crippen molar-refractivity contribution in [3.05, 3.63) is 16.1 Å². The molecule has 0 aromatic carbocycles. The highest BCUT2D eigenvalue weighted by Gasteiger charge is 2.16. The van der Waals surface area contributed by atoms with E-state index in [1.807, 2.05) is 11.8 Å². The topological polar surface area (TPSA) is 91.3 Å². The van der Waals surface area contributed by atoms with Gasteiger partial charge in [0.2, 0.25) is 0 Å². The Morgan fingerprint density at radius 1 is 1.45 bits per heavy atom. The summed E-state index contributed by atoms with van der Waals surface area (Å²) in [7, 11) is 0. The van der Waals surface area contributed by atoms with E-state index in [1.54, 1.807) is 0 Å². The van der Waals surface area contributed by atoms with Gasteiger partial charge in [0.15, 0.2) is 5.69 Å². The van der Waals surface area contributed by atoms with Crippen molar-refractivity contribution in [1.29, 1.82) is 0 Å². The Hall–Kier alpha value is -1.28. The summed E-state index contributed by atoms with van der Waals surface area (Å²) in [6.07, 6.45) is 1.71. The maximum absolute atomic E-state index is 11.6. The first-order chi connectivity index (χ1) is 9.65. The third kappa shape index (κ3) is 4.68. The SMILES string of the molecule is O=C(NCCc1nc(C(=O)O)cs1)NCC1CCSC1. The zero-order valence-electron chi connectivity index (χ0n) is 10.9. The fraction of sp³-hybridized carbons (Fsp3) is 0.583. The number of nitrogens with one attached hydrogen (secondary N) is 2. The summed E-state index contributed by atoms with van der Waals surface area (Å²) < 4.78 is 0. The monoisotopic (exact) mass is 315 g/mol. The van der Waals surface area contributed by atoms with Gasteiger partial charge in [0.1, 0.15) is 0 Å². The maximum atomic E-state index is 11.6. The van der Waals surface area contributed by atoms with Crippen LogP contribution in [0.4, 0.5) is 4.79 Å². The van der Waals surface area contributed by atoms with Gasteiger partial charge in [0.25, 0.3) is 0 Å². The van der Waals surface area contributed by atoms with Crippen LogP contribution in [0.1, 0.15) is 21.9 Å². The molecule has 1 aromatic rings. The standard InChI is InChI=1S/C12H17N3O3S2/c16-11(17)9-7-20-10(15-9)1-3-13-12(18)14-5-8-2-4-19-6-8/h7-8H,1-6H2,(H,16,17)(H2,13,14,18). The van der Waals surface area contributed by atoms with E-state index < -0.39 is 5.97 Å². The highest BCUT2D eigenvalue weighted by atomic mass is 32.2. The molecule has 0 saturated carbocycles. The van der Waals surface area contributed by atoms with Crippen molar-refractivity contribution < 1.29 is 14.7 Å². The highest BCUT2D eigenvalue weighted by molar-refractivity contribution is 7.99. The van der Waals surface area contributed by atoms with Crippen molar-refractivity contribution in [2.75, 3.05) is 24.6 Å². The molecule has 2 rings (SSSR count). The lowest BCUT2D eigenvalue weighted by Crippen LogP contribution is -2.39. The van der Waals surface area contributed by atoms with Crippen molar-refractivity contribution in [2.45, 2.75) is 12.8 Å². The maximum Gasteiger partial charge on any atom is 0.355 e. The molecule has 8 heteroatoms. The predicted octanol–water partition coefficient (Wildman–Crippen LogP) is 1.44. The number of carboxylic acids is 1. The zero-order valence-corrected chi connectivity index (χ0v) is 12.6. The number of carbonyl (C=O) groups is 2. The van der Waals surface area contributed by atoms with Crippen LogP contribution in [0.25, 0.3) is 0 Å². The predicted molar refractivity (Wildman–Crippen MR) is 79.6 cm³/mol. The largest absolute Gasteiger partial charge is 0.476 e. The summed E-state index contributed by atoms with van der Waals surface area (Å²) in [5, 5.41) is 16.6. The second-order valence-corrected chi connectivity index (χ2v) is 6.64. The molecule has 0 aliphatic carbocycles. The van der Waals surface area contributed by atoms with Gasteiger partial charge in [-0.1, -0.05) is 0 Å². The van der Waals surface area contributed by atoms with Crippen LogP contribution < -0.4 is 10.6 Å². The first kappa shape index (κ1) is 15.1. The average Bonchev–Trinajstić information content (AvgIpc) is 3.07. The number of urea groups is 1. The minimum absolute atomic E-state index is 0.0631. The van der Waals surface area contributed by atoms with Crippen LogP contribution in [0.15, 0.2) is 5.38 Å². The highest BCUT2D eigenvalue weighted by Crippen LogP contribution is 2.22. The first-order valence-electron chi connectivity index (χ1n) is 6.42. The molecule has 0 spiro atoms. The van der Waals surface area contributed by atoms with Gasteiger partial charge in [-0.25, -0.2) is 14.6 Å². The molecule has 1 aromatic heterocycles. The number of hydrogen-bond acceptors (Lipinski definition) is 5. The van der Waals surface area contributed by atoms with Gasteiger partial charge in [-0.2, -0.15) is 11.8 Å². The number of rotatable bonds is 6. The second kappa shape index (κ2) is 7.49. The lowest BCUT2D eigenvalue weighted by Gasteiger charge is -2.10. The average molecular weight is 315 g/mol. The minimum Gasteiger partial charge on any atom is -0.476 e. The molecule has 2 amide bonds. The number of carboxylic acid groups (broad SMARTS) is 1. The van der Waals surface area contributed by atoms with Gasteiger partial charge in [0.05, 0.1) is 5.01 Å². The number of thiazole rings is 1. The Morgan fingerprint density at radius 2 is 2.30 bits per heavy atom. The molecule has 110 valence electrons. The van der Waals surface area contributed by atoms with Crippen LogP contribution in [0.3, 0.4) is 0 Å². The van der Waals surface area contributed by atoms with Crippen molar-refractivity contribution in [3.8, 4) is 0 Å². The van der Waals surface area contributed by atoms with Crippen LogP contribution in [-0.4, -0.2) is 46.7 Å². The third-order valence-electron chi connectivity index (χ3n) is 2.97. The van der Waals surface area contributed by atoms with E-state index in [9.17, 15) is 9.59 Å². The molecule has 1 saturated heterocycles. The first-order valence-corrected chi connectivity index (χ1v) is 8.45. The molecular weight excluding hydrogens is 298 g/mol. The lowest BCUT2D eigenvalue weighted by atomic mass is 10.1. The fourth-order valence-corrected chi connectivity index (χ4v) is 3.91. The molecule has 1 aliphatic rings. The van der Waals surface area contributed by atoms with Crippen molar-refractivity contribution in [3.63, 3.8) is 0 Å². The normalized spacial score (nSPS) is 17.9. The number of aromatic carboxylic acids is 1. The smallest absolute Gasteiger partial charge is 0.355 e. The van der Waals surface area contributed by atoms with Gasteiger partial charge >= 0.3 is 12.0 Å². The van der Waals surface area contributed by atoms with Crippen molar-refractivity contribution in [2.24, 2.45) is 5.92 Å². The second-order valence-electron chi connectivity index (χ2n) is 4.55. The Morgan fingerprint density at radius 3 is 2.95 bits per heavy atom. The van der Waals surface area contributed by atoms with E-state index in [0.29, 0.717) is 18.9 Å². The molecular formula is C12H17N3O3S2. The van der Waals surface area contributed by atoms with E-state index in [2.05, 4.69) is 15.6 Å². The van der Waals surface area contributed by atoms with E-state index in [-0.39, 0.29) is 11.7 Å². The zero-order chi connectivity index (χ0) is 14.4. The van der Waals surface area contributed by atoms with Gasteiger partial charge in [0, 0.05) is 24.9 Å². The van der Waals surface area contributed by atoms with Crippen LogP contribution in [-0.2, 0) is 6.42 Å². The molecule has 1 fully saturated rings. The van der Waals surface area contributed by atoms with Crippen LogP contribution in [0.2, 0.25) is 0 Å². The molecule has 0 radical (unpaired) electrons. The van der Waals surface area contributed by atoms with Crippen LogP contribution in [0.5, 0.6) is 0 Å². The van der Waals surface area contributed by atoms with Crippen molar-refractivity contribution >= 4 is 35.1 Å². The van der Waals surface area contributed by atoms with E-state index in [4.69, 9.17) is 5.11 Å². The van der Waals surface area contributed by atoms with E-state index in [1.165, 1.54) is 28.9 Å². The number of hydrogen-bond donors (Lipinski definition) is 3. The summed E-state index contributed by atoms with van der Waals surface area (Å²) in [5.41, 5.74) is 0.0631. The minimum atomic E-state index is -1.02. The van der Waals surface area contributed by atoms with Gasteiger partial charge in [-0.3, -0.25) is 0 Å². The summed E-state index contributed by atoms with van der Waals surface area (Å²) >= 11 is 3.22. The van der Waals surface area contributed by atoms with Gasteiger partial charge in [-0.15, -0.1) is 11.3 Å². The molecule has 2 heterocycles. The third-order valence-corrected chi connectivity index (χ3v) is 5.11. The van der Waals surface area contributed by atoms with Crippen LogP contribution >= 0.6 is 23.1 Å². The molecule has 20 heavy (non-hydrogen) atoms. The molecule has 1 unspecified atom stereocenters. The van der Waals surface area contributed by atoms with Gasteiger partial charge in [-0.05, 0) is 23.8 Å².